The summed E-state index contributed by atoms with van der Waals surface area (Å²) in [4.78, 5) is 6.90. The number of aryl methyl sites for hydroxylation is 2. The maximum Gasteiger partial charge on any atom is 0.191 e. The van der Waals surface area contributed by atoms with Crippen LogP contribution in [0.4, 0.5) is 0 Å². The van der Waals surface area contributed by atoms with Crippen LogP contribution in [0.15, 0.2) is 9.52 Å². The second-order valence-corrected chi connectivity index (χ2v) is 6.50. The summed E-state index contributed by atoms with van der Waals surface area (Å²) in [7, 11) is 1.82. The molecule has 2 rings (SSSR count). The molecule has 0 saturated carbocycles. The molecule has 1 aliphatic heterocycles. The van der Waals surface area contributed by atoms with Crippen LogP contribution >= 0.6 is 0 Å². The monoisotopic (exact) mass is 335 g/mol. The van der Waals surface area contributed by atoms with Crippen LogP contribution in [0.2, 0.25) is 0 Å². The van der Waals surface area contributed by atoms with E-state index in [0.29, 0.717) is 12.5 Å². The molecular formula is C18H33N5O. The van der Waals surface area contributed by atoms with Gasteiger partial charge >= 0.3 is 0 Å². The first-order chi connectivity index (χ1) is 11.7. The fraction of sp³-hybridized carbons (Fsp3) is 0.778. The number of rotatable bonds is 8. The van der Waals surface area contributed by atoms with E-state index in [1.165, 1.54) is 38.0 Å². The summed E-state index contributed by atoms with van der Waals surface area (Å²) >= 11 is 0. The fourth-order valence-electron chi connectivity index (χ4n) is 3.37. The zero-order valence-corrected chi connectivity index (χ0v) is 15.7. The fourth-order valence-corrected chi connectivity index (χ4v) is 3.37. The quantitative estimate of drug-likeness (QED) is 0.563. The van der Waals surface area contributed by atoms with Gasteiger partial charge in [0.1, 0.15) is 5.76 Å². The highest BCUT2D eigenvalue weighted by atomic mass is 16.5. The Hall–Kier alpha value is -1.56. The molecule has 1 unspecified atom stereocenters. The minimum Gasteiger partial charge on any atom is -0.361 e. The van der Waals surface area contributed by atoms with Gasteiger partial charge < -0.3 is 20.1 Å². The van der Waals surface area contributed by atoms with E-state index in [4.69, 9.17) is 4.52 Å². The molecule has 136 valence electrons. The van der Waals surface area contributed by atoms with Gasteiger partial charge in [0.2, 0.25) is 0 Å². The maximum atomic E-state index is 5.42. The molecule has 2 N–H and O–H groups in total. The minimum absolute atomic E-state index is 0.710. The molecule has 0 aliphatic carbocycles. The van der Waals surface area contributed by atoms with Crippen molar-refractivity contribution in [3.05, 3.63) is 17.0 Å². The van der Waals surface area contributed by atoms with Crippen LogP contribution in [0.3, 0.4) is 0 Å². The predicted molar refractivity (Wildman–Crippen MR) is 98.3 cm³/mol. The summed E-state index contributed by atoms with van der Waals surface area (Å²) in [5.74, 6) is 2.54. The minimum atomic E-state index is 0.710. The van der Waals surface area contributed by atoms with Crippen LogP contribution in [-0.2, 0) is 19.4 Å². The third-order valence-corrected chi connectivity index (χ3v) is 4.73. The zero-order valence-electron chi connectivity index (χ0n) is 15.7. The molecule has 6 heteroatoms. The number of likely N-dealkylation sites (tertiary alicyclic amines) is 1. The number of hydrogen-bond acceptors (Lipinski definition) is 4. The van der Waals surface area contributed by atoms with Gasteiger partial charge in [0, 0.05) is 38.7 Å². The summed E-state index contributed by atoms with van der Waals surface area (Å²) in [5, 5.41) is 11.0. The SMILES string of the molecule is CCCN1CCC(CNC(=NC)NCc2c(CC)noc2CC)C1. The molecule has 1 aromatic rings. The van der Waals surface area contributed by atoms with Crippen molar-refractivity contribution in [3.63, 3.8) is 0 Å². The van der Waals surface area contributed by atoms with Crippen LogP contribution < -0.4 is 10.6 Å². The Kier molecular flexibility index (Phi) is 7.56. The highest BCUT2D eigenvalue weighted by Crippen LogP contribution is 2.16. The van der Waals surface area contributed by atoms with E-state index in [1.54, 1.807) is 0 Å². The van der Waals surface area contributed by atoms with Crippen molar-refractivity contribution < 1.29 is 4.52 Å². The van der Waals surface area contributed by atoms with Crippen molar-refractivity contribution in [1.82, 2.24) is 20.7 Å². The molecule has 1 saturated heterocycles. The first-order valence-electron chi connectivity index (χ1n) is 9.34. The van der Waals surface area contributed by atoms with Crippen LogP contribution in [0.5, 0.6) is 0 Å². The first kappa shape index (κ1) is 18.8. The van der Waals surface area contributed by atoms with Crippen molar-refractivity contribution in [2.24, 2.45) is 10.9 Å². The summed E-state index contributed by atoms with van der Waals surface area (Å²) in [6.45, 7) is 11.8. The predicted octanol–water partition coefficient (Wildman–Crippen LogP) is 2.20. The first-order valence-corrected chi connectivity index (χ1v) is 9.34. The largest absolute Gasteiger partial charge is 0.361 e. The van der Waals surface area contributed by atoms with Crippen molar-refractivity contribution in [2.45, 2.75) is 53.0 Å². The van der Waals surface area contributed by atoms with Gasteiger partial charge in [-0.3, -0.25) is 4.99 Å². The van der Waals surface area contributed by atoms with Crippen LogP contribution in [0.25, 0.3) is 0 Å². The lowest BCUT2D eigenvalue weighted by molar-refractivity contribution is 0.324. The van der Waals surface area contributed by atoms with E-state index >= 15 is 0 Å². The summed E-state index contributed by atoms with van der Waals surface area (Å²) in [6, 6.07) is 0. The van der Waals surface area contributed by atoms with Crippen LogP contribution in [0.1, 0.15) is 50.6 Å². The van der Waals surface area contributed by atoms with E-state index in [1.807, 2.05) is 7.05 Å². The van der Waals surface area contributed by atoms with Gasteiger partial charge in [0.05, 0.1) is 5.69 Å². The number of hydrogen-bond donors (Lipinski definition) is 2. The second kappa shape index (κ2) is 9.67. The summed E-state index contributed by atoms with van der Waals surface area (Å²) in [6.07, 6.45) is 4.27. The Labute approximate surface area is 146 Å². The van der Waals surface area contributed by atoms with Crippen molar-refractivity contribution in [3.8, 4) is 0 Å². The van der Waals surface area contributed by atoms with Crippen molar-refractivity contribution in [1.29, 1.82) is 0 Å². The molecule has 2 heterocycles. The normalized spacial score (nSPS) is 19.0. The molecule has 0 spiro atoms. The maximum absolute atomic E-state index is 5.42. The Morgan fingerprint density at radius 1 is 1.29 bits per heavy atom. The number of guanidine groups is 1. The summed E-state index contributed by atoms with van der Waals surface area (Å²) < 4.78 is 5.42. The molecule has 0 bridgehead atoms. The van der Waals surface area contributed by atoms with Gasteiger partial charge in [0.25, 0.3) is 0 Å². The van der Waals surface area contributed by atoms with E-state index in [-0.39, 0.29) is 0 Å². The molecule has 0 radical (unpaired) electrons. The third kappa shape index (κ3) is 4.97. The molecule has 1 aliphatic rings. The lowest BCUT2D eigenvalue weighted by Gasteiger charge is -2.17. The van der Waals surface area contributed by atoms with Gasteiger partial charge in [-0.1, -0.05) is 25.9 Å². The van der Waals surface area contributed by atoms with E-state index in [0.717, 1.165) is 36.8 Å². The van der Waals surface area contributed by atoms with Gasteiger partial charge in [-0.2, -0.15) is 0 Å². The number of aromatic nitrogens is 1. The number of nitrogens with zero attached hydrogens (tertiary/aromatic N) is 3. The standard InChI is InChI=1S/C18H33N5O/c1-5-9-23-10-8-14(13-23)11-20-18(19-4)21-12-15-16(6-2)22-24-17(15)7-3/h14H,5-13H2,1-4H3,(H2,19,20,21). The van der Waals surface area contributed by atoms with E-state index in [9.17, 15) is 0 Å². The molecule has 1 atom stereocenters. The molecule has 6 nitrogen and oxygen atoms in total. The molecular weight excluding hydrogens is 302 g/mol. The topological polar surface area (TPSA) is 65.7 Å². The molecule has 24 heavy (non-hydrogen) atoms. The Balaban J connectivity index is 1.80. The number of aliphatic imine (C=N–C) groups is 1. The highest BCUT2D eigenvalue weighted by Gasteiger charge is 2.21. The lowest BCUT2D eigenvalue weighted by Crippen LogP contribution is -2.40. The smallest absolute Gasteiger partial charge is 0.191 e. The van der Waals surface area contributed by atoms with Gasteiger partial charge in [0.15, 0.2) is 5.96 Å². The van der Waals surface area contributed by atoms with Crippen molar-refractivity contribution >= 4 is 5.96 Å². The molecule has 1 fully saturated rings. The van der Waals surface area contributed by atoms with Crippen LogP contribution in [0, 0.1) is 5.92 Å². The van der Waals surface area contributed by atoms with Crippen LogP contribution in [-0.4, -0.2) is 49.2 Å². The Bertz CT molecular complexity index is 504. The number of nitrogens with one attached hydrogen (secondary N) is 2. The van der Waals surface area contributed by atoms with E-state index in [2.05, 4.69) is 46.5 Å². The Morgan fingerprint density at radius 3 is 2.79 bits per heavy atom. The summed E-state index contributed by atoms with van der Waals surface area (Å²) in [5.41, 5.74) is 2.22. The molecule has 1 aromatic heterocycles. The second-order valence-electron chi connectivity index (χ2n) is 6.50. The van der Waals surface area contributed by atoms with E-state index < -0.39 is 0 Å². The molecule has 0 amide bonds. The Morgan fingerprint density at radius 2 is 2.12 bits per heavy atom. The third-order valence-electron chi connectivity index (χ3n) is 4.73. The van der Waals surface area contributed by atoms with Crippen molar-refractivity contribution in [2.75, 3.05) is 33.2 Å². The molecule has 0 aromatic carbocycles. The lowest BCUT2D eigenvalue weighted by atomic mass is 10.1. The highest BCUT2D eigenvalue weighted by molar-refractivity contribution is 5.79. The van der Waals surface area contributed by atoms with Gasteiger partial charge in [-0.25, -0.2) is 0 Å². The van der Waals surface area contributed by atoms with Gasteiger partial charge in [-0.05, 0) is 38.3 Å². The zero-order chi connectivity index (χ0) is 17.4. The van der Waals surface area contributed by atoms with Gasteiger partial charge in [-0.15, -0.1) is 0 Å². The average molecular weight is 335 g/mol. The average Bonchev–Trinajstić information content (AvgIpc) is 3.21.